The first kappa shape index (κ1) is 26.3. The van der Waals surface area contributed by atoms with Crippen molar-refractivity contribution in [2.45, 2.75) is 62.4 Å². The van der Waals surface area contributed by atoms with Gasteiger partial charge in [0, 0.05) is 32.5 Å². The molecule has 0 spiro atoms. The summed E-state index contributed by atoms with van der Waals surface area (Å²) in [4.78, 5) is 17.7. The van der Waals surface area contributed by atoms with Gasteiger partial charge in [-0.1, -0.05) is 12.1 Å². The summed E-state index contributed by atoms with van der Waals surface area (Å²) in [7, 11) is 0.315. The lowest BCUT2D eigenvalue weighted by Crippen LogP contribution is -2.32. The maximum absolute atomic E-state index is 13.0. The number of amidine groups is 1. The number of carbonyl (C=O) groups excluding carboxylic acids is 1. The van der Waals surface area contributed by atoms with Crippen LogP contribution in [0.15, 0.2) is 34.2 Å². The minimum Gasteiger partial charge on any atom is -0.492 e. The molecule has 1 fully saturated rings. The standard InChI is InChI=1S/C25H36N6O4S/c1-30-15-5-8-19(30)13-14-27-36(33,34)23-11-4-3-10-22(23)35-17-7-9-20-25-21(31(2)29-20)18-26-24(28-25)12-6-16-32/h3-4,10-11,16,19,27H,5-9,12-15,17-18H2,1-2H3,(H,26,28). The normalized spacial score (nSPS) is 17.9. The zero-order chi connectivity index (χ0) is 25.5. The fraction of sp³-hybridized carbons (Fsp3) is 0.560. The van der Waals surface area contributed by atoms with E-state index in [1.807, 2.05) is 11.7 Å². The molecule has 3 heterocycles. The average molecular weight is 517 g/mol. The smallest absolute Gasteiger partial charge is 0.244 e. The SMILES string of the molecule is CN1CCCC1CCNS(=O)(=O)c1ccccc1OCCCc1nn(C)c2c1NC(CCC=O)=NC2. The van der Waals surface area contributed by atoms with Crippen LogP contribution in [-0.4, -0.2) is 68.0 Å². The number of hydrogen-bond donors (Lipinski definition) is 2. The third-order valence-corrected chi connectivity index (χ3v) is 8.32. The Morgan fingerprint density at radius 1 is 1.25 bits per heavy atom. The molecule has 36 heavy (non-hydrogen) atoms. The average Bonchev–Trinajstić information content (AvgIpc) is 3.42. The van der Waals surface area contributed by atoms with Crippen LogP contribution in [-0.2, 0) is 34.8 Å². The second-order valence-corrected chi connectivity index (χ2v) is 11.1. The highest BCUT2D eigenvalue weighted by atomic mass is 32.2. The molecule has 0 radical (unpaired) electrons. The molecule has 10 nitrogen and oxygen atoms in total. The Balaban J connectivity index is 1.31. The second kappa shape index (κ2) is 12.0. The highest BCUT2D eigenvalue weighted by molar-refractivity contribution is 7.89. The molecule has 4 rings (SSSR count). The Morgan fingerprint density at radius 2 is 2.08 bits per heavy atom. The Kier molecular flexibility index (Phi) is 8.76. The Bertz CT molecular complexity index is 1190. The number of likely N-dealkylation sites (tertiary alicyclic amines) is 1. The molecule has 0 saturated carbocycles. The molecule has 11 heteroatoms. The molecule has 2 aliphatic heterocycles. The van der Waals surface area contributed by atoms with E-state index in [4.69, 9.17) is 4.74 Å². The molecule has 2 N–H and O–H groups in total. The van der Waals surface area contributed by atoms with Crippen molar-refractivity contribution in [3.8, 4) is 5.75 Å². The molecule has 1 aromatic carbocycles. The fourth-order valence-corrected chi connectivity index (χ4v) is 6.00. The number of ether oxygens (including phenoxy) is 1. The van der Waals surface area contributed by atoms with E-state index in [-0.39, 0.29) is 4.90 Å². The van der Waals surface area contributed by atoms with Gasteiger partial charge >= 0.3 is 0 Å². The molecule has 0 bridgehead atoms. The summed E-state index contributed by atoms with van der Waals surface area (Å²) >= 11 is 0. The van der Waals surface area contributed by atoms with Crippen LogP contribution in [0.2, 0.25) is 0 Å². The van der Waals surface area contributed by atoms with Gasteiger partial charge in [0.25, 0.3) is 0 Å². The molecule has 1 unspecified atom stereocenters. The molecule has 1 aromatic heterocycles. The monoisotopic (exact) mass is 516 g/mol. The number of aldehydes is 1. The van der Waals surface area contributed by atoms with E-state index in [1.165, 1.54) is 0 Å². The van der Waals surface area contributed by atoms with Gasteiger partial charge in [-0.25, -0.2) is 13.1 Å². The van der Waals surface area contributed by atoms with Gasteiger partial charge in [0.15, 0.2) is 0 Å². The molecule has 2 aromatic rings. The minimum absolute atomic E-state index is 0.165. The van der Waals surface area contributed by atoms with Crippen LogP contribution < -0.4 is 14.8 Å². The van der Waals surface area contributed by atoms with Gasteiger partial charge in [0.1, 0.15) is 22.8 Å². The molecule has 1 saturated heterocycles. The molecule has 1 atom stereocenters. The zero-order valence-electron chi connectivity index (χ0n) is 21.1. The van der Waals surface area contributed by atoms with Gasteiger partial charge in [-0.2, -0.15) is 5.10 Å². The maximum atomic E-state index is 13.0. The lowest BCUT2D eigenvalue weighted by molar-refractivity contribution is -0.107. The summed E-state index contributed by atoms with van der Waals surface area (Å²) in [6.45, 7) is 2.37. The number of aliphatic imine (C=N–C) groups is 1. The third-order valence-electron chi connectivity index (χ3n) is 6.82. The first-order valence-electron chi connectivity index (χ1n) is 12.6. The molecule has 2 aliphatic rings. The lowest BCUT2D eigenvalue weighted by Gasteiger charge is -2.19. The summed E-state index contributed by atoms with van der Waals surface area (Å²) < 4.78 is 36.4. The maximum Gasteiger partial charge on any atom is 0.244 e. The number of nitrogens with one attached hydrogen (secondary N) is 2. The minimum atomic E-state index is -3.67. The summed E-state index contributed by atoms with van der Waals surface area (Å²) in [6, 6.07) is 7.19. The highest BCUT2D eigenvalue weighted by Crippen LogP contribution is 2.27. The summed E-state index contributed by atoms with van der Waals surface area (Å²) in [5, 5.41) is 7.95. The summed E-state index contributed by atoms with van der Waals surface area (Å²) in [6.07, 6.45) is 6.31. The van der Waals surface area contributed by atoms with Crippen LogP contribution >= 0.6 is 0 Å². The molecular weight excluding hydrogens is 480 g/mol. The quantitative estimate of drug-likeness (QED) is 0.310. The number of fused-ring (bicyclic) bond motifs is 1. The van der Waals surface area contributed by atoms with Gasteiger partial charge < -0.3 is 19.7 Å². The van der Waals surface area contributed by atoms with E-state index in [1.54, 1.807) is 24.3 Å². The lowest BCUT2D eigenvalue weighted by atomic mass is 10.1. The van der Waals surface area contributed by atoms with Gasteiger partial charge in [-0.05, 0) is 57.8 Å². The van der Waals surface area contributed by atoms with Crippen molar-refractivity contribution < 1.29 is 17.9 Å². The number of aryl methyl sites for hydroxylation is 2. The zero-order valence-corrected chi connectivity index (χ0v) is 21.9. The summed E-state index contributed by atoms with van der Waals surface area (Å²) in [5.74, 6) is 1.15. The topological polar surface area (TPSA) is 118 Å². The number of rotatable bonds is 13. The Hall–Kier alpha value is -2.76. The summed E-state index contributed by atoms with van der Waals surface area (Å²) in [5.41, 5.74) is 2.87. The van der Waals surface area contributed by atoms with E-state index in [0.717, 1.165) is 55.0 Å². The van der Waals surface area contributed by atoms with Crippen molar-refractivity contribution >= 4 is 27.8 Å². The van der Waals surface area contributed by atoms with Crippen molar-refractivity contribution in [1.29, 1.82) is 0 Å². The number of sulfonamides is 1. The van der Waals surface area contributed by atoms with Crippen LogP contribution in [0.4, 0.5) is 5.69 Å². The van der Waals surface area contributed by atoms with Crippen LogP contribution in [0, 0.1) is 0 Å². The number of nitrogens with zero attached hydrogens (tertiary/aromatic N) is 4. The van der Waals surface area contributed by atoms with Crippen molar-refractivity contribution in [1.82, 2.24) is 19.4 Å². The van der Waals surface area contributed by atoms with E-state index < -0.39 is 10.0 Å². The first-order chi connectivity index (χ1) is 17.4. The number of para-hydroxylation sites is 1. The van der Waals surface area contributed by atoms with E-state index >= 15 is 0 Å². The number of hydrogen-bond acceptors (Lipinski definition) is 8. The predicted octanol–water partition coefficient (Wildman–Crippen LogP) is 2.50. The number of anilines is 1. The number of carbonyl (C=O) groups is 1. The van der Waals surface area contributed by atoms with Crippen LogP contribution in [0.25, 0.3) is 0 Å². The van der Waals surface area contributed by atoms with Crippen LogP contribution in [0.3, 0.4) is 0 Å². The first-order valence-corrected chi connectivity index (χ1v) is 14.1. The van der Waals surface area contributed by atoms with Crippen molar-refractivity contribution in [2.75, 3.05) is 32.1 Å². The molecule has 196 valence electrons. The highest BCUT2D eigenvalue weighted by Gasteiger charge is 2.24. The van der Waals surface area contributed by atoms with E-state index in [0.29, 0.717) is 57.2 Å². The van der Waals surface area contributed by atoms with E-state index in [9.17, 15) is 13.2 Å². The molecule has 0 aliphatic carbocycles. The predicted molar refractivity (Wildman–Crippen MR) is 139 cm³/mol. The van der Waals surface area contributed by atoms with Crippen LogP contribution in [0.5, 0.6) is 5.75 Å². The van der Waals surface area contributed by atoms with Crippen molar-refractivity contribution in [3.05, 3.63) is 35.7 Å². The number of aromatic nitrogens is 2. The van der Waals surface area contributed by atoms with Gasteiger partial charge in [0.2, 0.25) is 10.0 Å². The van der Waals surface area contributed by atoms with Crippen LogP contribution in [0.1, 0.15) is 49.9 Å². The van der Waals surface area contributed by atoms with E-state index in [2.05, 4.69) is 32.1 Å². The van der Waals surface area contributed by atoms with Crippen molar-refractivity contribution in [3.63, 3.8) is 0 Å². The molecule has 0 amide bonds. The second-order valence-electron chi connectivity index (χ2n) is 9.35. The third kappa shape index (κ3) is 6.32. The molecular formula is C25H36N6O4S. The fourth-order valence-electron chi connectivity index (χ4n) is 4.81. The van der Waals surface area contributed by atoms with Crippen molar-refractivity contribution in [2.24, 2.45) is 12.0 Å². The Labute approximate surface area is 213 Å². The largest absolute Gasteiger partial charge is 0.492 e. The van der Waals surface area contributed by atoms with Gasteiger partial charge in [-0.3, -0.25) is 9.67 Å². The van der Waals surface area contributed by atoms with Gasteiger partial charge in [0.05, 0.1) is 30.2 Å². The Morgan fingerprint density at radius 3 is 2.86 bits per heavy atom. The van der Waals surface area contributed by atoms with Gasteiger partial charge in [-0.15, -0.1) is 0 Å². The number of benzene rings is 1.